The molecule has 6 nitrogen and oxygen atoms in total. The highest BCUT2D eigenvalue weighted by molar-refractivity contribution is 6.01. The number of amides is 2. The van der Waals surface area contributed by atoms with Gasteiger partial charge in [-0.05, 0) is 44.4 Å². The predicted octanol–water partition coefficient (Wildman–Crippen LogP) is 4.02. The first-order chi connectivity index (χ1) is 14.7. The summed E-state index contributed by atoms with van der Waals surface area (Å²) in [4.78, 5) is 32.1. The first-order valence-electron chi connectivity index (χ1n) is 10.9. The maximum atomic E-state index is 13.3. The minimum absolute atomic E-state index is 0.141. The van der Waals surface area contributed by atoms with Gasteiger partial charge < -0.3 is 14.8 Å². The maximum Gasteiger partial charge on any atom is 0.273 e. The highest BCUT2D eigenvalue weighted by Crippen LogP contribution is 2.31. The zero-order valence-electron chi connectivity index (χ0n) is 18.9. The lowest BCUT2D eigenvalue weighted by atomic mass is 9.98. The number of carbonyl (C=O) groups is 2. The van der Waals surface area contributed by atoms with E-state index in [2.05, 4.69) is 61.1 Å². The van der Waals surface area contributed by atoms with Crippen molar-refractivity contribution in [3.63, 3.8) is 0 Å². The number of piperazine rings is 1. The topological polar surface area (TPSA) is 67.2 Å². The van der Waals surface area contributed by atoms with E-state index in [1.54, 1.807) is 24.8 Å². The summed E-state index contributed by atoms with van der Waals surface area (Å²) >= 11 is 0. The number of aromatic nitrogens is 2. The van der Waals surface area contributed by atoms with Crippen molar-refractivity contribution in [2.75, 3.05) is 13.1 Å². The number of pyridine rings is 1. The van der Waals surface area contributed by atoms with Gasteiger partial charge in [-0.15, -0.1) is 0 Å². The molecule has 0 bridgehead atoms. The molecule has 2 amide bonds. The lowest BCUT2D eigenvalue weighted by Gasteiger charge is -2.40. The SMILES string of the molecule is Cc1cccc(-c2cn(CC(C)C)c3nc(C(=O)N4CCNC(=O)C4(C)C)ccc23)c1. The monoisotopic (exact) mass is 418 g/mol. The van der Waals surface area contributed by atoms with E-state index in [0.717, 1.165) is 28.7 Å². The lowest BCUT2D eigenvalue weighted by Crippen LogP contribution is -2.63. The molecule has 1 fully saturated rings. The number of nitrogens with zero attached hydrogens (tertiary/aromatic N) is 3. The Hall–Kier alpha value is -3.15. The molecule has 4 rings (SSSR count). The van der Waals surface area contributed by atoms with E-state index in [1.165, 1.54) is 5.56 Å². The summed E-state index contributed by atoms with van der Waals surface area (Å²) in [5, 5.41) is 3.86. The number of aryl methyl sites for hydroxylation is 1. The average molecular weight is 419 g/mol. The van der Waals surface area contributed by atoms with Crippen molar-refractivity contribution >= 4 is 22.8 Å². The molecule has 0 spiro atoms. The zero-order chi connectivity index (χ0) is 22.3. The van der Waals surface area contributed by atoms with Crippen molar-refractivity contribution in [2.24, 2.45) is 5.92 Å². The minimum atomic E-state index is -0.904. The number of fused-ring (bicyclic) bond motifs is 1. The molecule has 1 aliphatic heterocycles. The van der Waals surface area contributed by atoms with E-state index in [1.807, 2.05) is 6.07 Å². The fourth-order valence-corrected chi connectivity index (χ4v) is 4.25. The number of hydrogen-bond acceptors (Lipinski definition) is 3. The van der Waals surface area contributed by atoms with Crippen LogP contribution < -0.4 is 5.32 Å². The summed E-state index contributed by atoms with van der Waals surface area (Å²) in [6, 6.07) is 12.2. The van der Waals surface area contributed by atoms with Crippen LogP contribution in [0.2, 0.25) is 0 Å². The van der Waals surface area contributed by atoms with Gasteiger partial charge in [-0.1, -0.05) is 43.7 Å². The van der Waals surface area contributed by atoms with Crippen molar-refractivity contribution in [1.82, 2.24) is 19.8 Å². The highest BCUT2D eigenvalue weighted by Gasteiger charge is 2.41. The third-order valence-corrected chi connectivity index (χ3v) is 5.93. The van der Waals surface area contributed by atoms with Crippen LogP contribution in [0, 0.1) is 12.8 Å². The first kappa shape index (κ1) is 21.1. The third kappa shape index (κ3) is 3.82. The molecule has 0 atom stereocenters. The fourth-order valence-electron chi connectivity index (χ4n) is 4.25. The summed E-state index contributed by atoms with van der Waals surface area (Å²) in [5.41, 5.74) is 3.72. The van der Waals surface area contributed by atoms with Crippen molar-refractivity contribution in [1.29, 1.82) is 0 Å². The second kappa shape index (κ2) is 7.84. The summed E-state index contributed by atoms with van der Waals surface area (Å²) in [6.45, 7) is 11.7. The minimum Gasteiger partial charge on any atom is -0.352 e. The Labute approximate surface area is 183 Å². The molecular formula is C25H30N4O2. The van der Waals surface area contributed by atoms with E-state index in [4.69, 9.17) is 4.98 Å². The Morgan fingerprint density at radius 3 is 2.71 bits per heavy atom. The molecule has 31 heavy (non-hydrogen) atoms. The van der Waals surface area contributed by atoms with Gasteiger partial charge in [0, 0.05) is 36.8 Å². The summed E-state index contributed by atoms with van der Waals surface area (Å²) < 4.78 is 2.14. The third-order valence-electron chi connectivity index (χ3n) is 5.93. The second-order valence-electron chi connectivity index (χ2n) is 9.30. The maximum absolute atomic E-state index is 13.3. The van der Waals surface area contributed by atoms with Crippen molar-refractivity contribution in [3.05, 3.63) is 53.9 Å². The Bertz CT molecular complexity index is 1160. The zero-order valence-corrected chi connectivity index (χ0v) is 18.9. The Balaban J connectivity index is 1.81. The molecule has 2 aromatic heterocycles. The average Bonchev–Trinajstić information content (AvgIpc) is 3.06. The van der Waals surface area contributed by atoms with Crippen LogP contribution in [0.25, 0.3) is 22.2 Å². The molecule has 0 unspecified atom stereocenters. The van der Waals surface area contributed by atoms with E-state index in [9.17, 15) is 9.59 Å². The van der Waals surface area contributed by atoms with Gasteiger partial charge in [0.05, 0.1) is 0 Å². The van der Waals surface area contributed by atoms with Gasteiger partial charge in [0.25, 0.3) is 5.91 Å². The molecule has 0 radical (unpaired) electrons. The molecule has 162 valence electrons. The number of benzene rings is 1. The van der Waals surface area contributed by atoms with Gasteiger partial charge in [0.15, 0.2) is 0 Å². The van der Waals surface area contributed by atoms with Crippen molar-refractivity contribution in [2.45, 2.75) is 46.7 Å². The van der Waals surface area contributed by atoms with Crippen LogP contribution >= 0.6 is 0 Å². The van der Waals surface area contributed by atoms with Gasteiger partial charge in [-0.25, -0.2) is 4.98 Å². The smallest absolute Gasteiger partial charge is 0.273 e. The number of nitrogens with one attached hydrogen (secondary N) is 1. The van der Waals surface area contributed by atoms with E-state index in [-0.39, 0.29) is 11.8 Å². The summed E-state index contributed by atoms with van der Waals surface area (Å²) in [6.07, 6.45) is 2.14. The van der Waals surface area contributed by atoms with E-state index < -0.39 is 5.54 Å². The normalized spacial score (nSPS) is 16.1. The molecule has 0 aliphatic carbocycles. The molecule has 1 saturated heterocycles. The molecule has 1 aromatic carbocycles. The summed E-state index contributed by atoms with van der Waals surface area (Å²) in [5.74, 6) is 0.0843. The summed E-state index contributed by atoms with van der Waals surface area (Å²) in [7, 11) is 0. The molecule has 6 heteroatoms. The molecule has 0 saturated carbocycles. The number of carbonyl (C=O) groups excluding carboxylic acids is 2. The van der Waals surface area contributed by atoms with E-state index >= 15 is 0 Å². The molecule has 3 heterocycles. The Morgan fingerprint density at radius 1 is 1.23 bits per heavy atom. The van der Waals surface area contributed by atoms with Crippen LogP contribution in [0.15, 0.2) is 42.6 Å². The largest absolute Gasteiger partial charge is 0.352 e. The quantitative estimate of drug-likeness (QED) is 0.696. The van der Waals surface area contributed by atoms with Crippen LogP contribution in [-0.2, 0) is 11.3 Å². The van der Waals surface area contributed by atoms with Gasteiger partial charge in [-0.3, -0.25) is 9.59 Å². The van der Waals surface area contributed by atoms with Crippen LogP contribution in [0.3, 0.4) is 0 Å². The van der Waals surface area contributed by atoms with Crippen molar-refractivity contribution in [3.8, 4) is 11.1 Å². The lowest BCUT2D eigenvalue weighted by molar-refractivity contribution is -0.133. The van der Waals surface area contributed by atoms with Crippen LogP contribution in [-0.4, -0.2) is 44.9 Å². The van der Waals surface area contributed by atoms with Crippen LogP contribution in [0.4, 0.5) is 0 Å². The van der Waals surface area contributed by atoms with E-state index in [0.29, 0.717) is 24.7 Å². The van der Waals surface area contributed by atoms with Crippen molar-refractivity contribution < 1.29 is 9.59 Å². The van der Waals surface area contributed by atoms with Gasteiger partial charge in [0.1, 0.15) is 16.9 Å². The molecular weight excluding hydrogens is 388 g/mol. The van der Waals surface area contributed by atoms with Gasteiger partial charge >= 0.3 is 0 Å². The van der Waals surface area contributed by atoms with Gasteiger partial charge in [0.2, 0.25) is 5.91 Å². The number of hydrogen-bond donors (Lipinski definition) is 1. The Morgan fingerprint density at radius 2 is 2.00 bits per heavy atom. The number of rotatable bonds is 4. The predicted molar refractivity (Wildman–Crippen MR) is 123 cm³/mol. The van der Waals surface area contributed by atoms with Gasteiger partial charge in [-0.2, -0.15) is 0 Å². The molecule has 3 aromatic rings. The fraction of sp³-hybridized carbons (Fsp3) is 0.400. The van der Waals surface area contributed by atoms with Crippen LogP contribution in [0.5, 0.6) is 0 Å². The van der Waals surface area contributed by atoms with Crippen LogP contribution in [0.1, 0.15) is 43.7 Å². The standard InChI is InChI=1S/C25H30N4O2/c1-16(2)14-28-15-20(18-8-6-7-17(3)13-18)19-9-10-21(27-22(19)28)23(30)29-12-11-26-24(31)25(29,4)5/h6-10,13,15-16H,11-12,14H2,1-5H3,(H,26,31). The first-order valence-corrected chi connectivity index (χ1v) is 10.9. The Kier molecular flexibility index (Phi) is 5.33. The molecule has 1 aliphatic rings. The molecule has 1 N–H and O–H groups in total. The second-order valence-corrected chi connectivity index (χ2v) is 9.30. The highest BCUT2D eigenvalue weighted by atomic mass is 16.2.